The summed E-state index contributed by atoms with van der Waals surface area (Å²) in [7, 11) is 5.76. The fraction of sp³-hybridized carbons (Fsp3) is 0.286. The molecule has 47 heavy (non-hydrogen) atoms. The highest BCUT2D eigenvalue weighted by Crippen LogP contribution is 2.39. The summed E-state index contributed by atoms with van der Waals surface area (Å²) < 4.78 is 41.4. The Labute approximate surface area is 271 Å². The number of carbonyl (C=O) groups excluding carboxylic acids is 2. The Hall–Kier alpha value is -5.52. The predicted octanol–water partition coefficient (Wildman–Crippen LogP) is 4.90. The highest BCUT2D eigenvalue weighted by Gasteiger charge is 2.19. The minimum atomic E-state index is -0.771. The average Bonchev–Trinajstić information content (AvgIpc) is 3.08. The summed E-state index contributed by atoms with van der Waals surface area (Å²) in [6.45, 7) is 5.65. The molecule has 0 spiro atoms. The molecule has 2 amide bonds. The number of nitrogens with zero attached hydrogens (tertiary/aromatic N) is 1. The minimum absolute atomic E-state index is 0.00193. The first-order valence-corrected chi connectivity index (χ1v) is 14.9. The number of hydrogen-bond acceptors (Lipinski definition) is 9. The molecule has 4 aromatic rings. The van der Waals surface area contributed by atoms with Gasteiger partial charge in [-0.25, -0.2) is 9.18 Å². The van der Waals surface area contributed by atoms with E-state index in [4.69, 9.17) is 23.4 Å². The van der Waals surface area contributed by atoms with Crippen LogP contribution in [0.25, 0.3) is 22.6 Å². The van der Waals surface area contributed by atoms with Gasteiger partial charge in [0.25, 0.3) is 11.8 Å². The van der Waals surface area contributed by atoms with Crippen molar-refractivity contribution in [2.75, 3.05) is 59.5 Å². The third-order valence-corrected chi connectivity index (χ3v) is 7.49. The van der Waals surface area contributed by atoms with Crippen molar-refractivity contribution < 1.29 is 37.3 Å². The third kappa shape index (κ3) is 7.83. The summed E-state index contributed by atoms with van der Waals surface area (Å²) in [5, 5.41) is 5.98. The van der Waals surface area contributed by atoms with Crippen LogP contribution in [0.3, 0.4) is 0 Å². The van der Waals surface area contributed by atoms with Crippen LogP contribution in [0.4, 0.5) is 10.1 Å². The smallest absolute Gasteiger partial charge is 0.349 e. The molecule has 3 aromatic carbocycles. The minimum Gasteiger partial charge on any atom is -0.494 e. The molecule has 1 heterocycles. The first kappa shape index (κ1) is 34.4. The molecule has 0 aliphatic carbocycles. The monoisotopic (exact) mass is 647 g/mol. The Morgan fingerprint density at radius 2 is 1.49 bits per heavy atom. The summed E-state index contributed by atoms with van der Waals surface area (Å²) in [5.41, 5.74) is 1.27. The fourth-order valence-electron chi connectivity index (χ4n) is 5.05. The van der Waals surface area contributed by atoms with Gasteiger partial charge in [0.2, 0.25) is 5.75 Å². The SMILES string of the molecule is CCN(CC)c1ccc2cc(C(=O)NCCNC(=O)/C(=C/c3cc(OC)c(OC)c(OC)c3)c3ccc(OC)c(F)c3)c(=O)oc2c1. The van der Waals surface area contributed by atoms with E-state index in [2.05, 4.69) is 15.5 Å². The van der Waals surface area contributed by atoms with Gasteiger partial charge in [-0.3, -0.25) is 9.59 Å². The van der Waals surface area contributed by atoms with Gasteiger partial charge in [-0.2, -0.15) is 0 Å². The van der Waals surface area contributed by atoms with Crippen molar-refractivity contribution >= 4 is 40.1 Å². The molecule has 11 nitrogen and oxygen atoms in total. The van der Waals surface area contributed by atoms with Crippen LogP contribution in [0.2, 0.25) is 0 Å². The summed E-state index contributed by atoms with van der Waals surface area (Å²) >= 11 is 0. The second-order valence-electron chi connectivity index (χ2n) is 10.2. The molecule has 0 unspecified atom stereocenters. The summed E-state index contributed by atoms with van der Waals surface area (Å²) in [4.78, 5) is 41.2. The van der Waals surface area contributed by atoms with Gasteiger partial charge in [-0.05, 0) is 73.5 Å². The zero-order valence-corrected chi connectivity index (χ0v) is 27.2. The van der Waals surface area contributed by atoms with Crippen LogP contribution in [0.5, 0.6) is 23.0 Å². The molecular weight excluding hydrogens is 609 g/mol. The summed E-state index contributed by atoms with van der Waals surface area (Å²) in [6.07, 6.45) is 1.55. The van der Waals surface area contributed by atoms with Gasteiger partial charge >= 0.3 is 5.63 Å². The first-order valence-electron chi connectivity index (χ1n) is 14.9. The maximum absolute atomic E-state index is 14.7. The maximum atomic E-state index is 14.7. The number of carbonyl (C=O) groups is 2. The van der Waals surface area contributed by atoms with Gasteiger partial charge in [-0.15, -0.1) is 0 Å². The number of ether oxygens (including phenoxy) is 4. The van der Waals surface area contributed by atoms with Gasteiger partial charge in [0.15, 0.2) is 23.1 Å². The van der Waals surface area contributed by atoms with E-state index in [1.807, 2.05) is 19.9 Å². The lowest BCUT2D eigenvalue weighted by Gasteiger charge is -2.21. The fourth-order valence-corrected chi connectivity index (χ4v) is 5.05. The van der Waals surface area contributed by atoms with Gasteiger partial charge in [0, 0.05) is 48.9 Å². The molecule has 0 fully saturated rings. The van der Waals surface area contributed by atoms with Crippen LogP contribution in [-0.4, -0.2) is 66.4 Å². The van der Waals surface area contributed by atoms with Crippen molar-refractivity contribution in [3.8, 4) is 23.0 Å². The largest absolute Gasteiger partial charge is 0.494 e. The molecule has 0 aliphatic rings. The van der Waals surface area contributed by atoms with Crippen LogP contribution < -0.4 is 40.1 Å². The molecule has 0 saturated carbocycles. The van der Waals surface area contributed by atoms with Crippen molar-refractivity contribution in [3.05, 3.63) is 87.5 Å². The van der Waals surface area contributed by atoms with Crippen LogP contribution >= 0.6 is 0 Å². The lowest BCUT2D eigenvalue weighted by atomic mass is 10.0. The highest BCUT2D eigenvalue weighted by molar-refractivity contribution is 6.24. The number of anilines is 1. The molecule has 2 N–H and O–H groups in total. The van der Waals surface area contributed by atoms with Crippen LogP contribution in [0.1, 0.15) is 35.3 Å². The van der Waals surface area contributed by atoms with E-state index in [1.54, 1.807) is 36.4 Å². The van der Waals surface area contributed by atoms with Gasteiger partial charge < -0.3 is 38.9 Å². The van der Waals surface area contributed by atoms with Crippen LogP contribution in [0, 0.1) is 5.82 Å². The van der Waals surface area contributed by atoms with E-state index >= 15 is 0 Å². The third-order valence-electron chi connectivity index (χ3n) is 7.49. The summed E-state index contributed by atoms with van der Waals surface area (Å²) in [5.74, 6) is -0.729. The lowest BCUT2D eigenvalue weighted by Crippen LogP contribution is -2.36. The molecule has 248 valence electrons. The Kier molecular flexibility index (Phi) is 11.4. The van der Waals surface area contributed by atoms with Gasteiger partial charge in [-0.1, -0.05) is 6.07 Å². The zero-order chi connectivity index (χ0) is 34.1. The number of halogens is 1. The maximum Gasteiger partial charge on any atom is 0.349 e. The van der Waals surface area contributed by atoms with Crippen molar-refractivity contribution in [1.82, 2.24) is 10.6 Å². The number of hydrogen-bond donors (Lipinski definition) is 2. The molecule has 0 bridgehead atoms. The molecule has 0 atom stereocenters. The van der Waals surface area contributed by atoms with E-state index in [0.29, 0.717) is 33.8 Å². The normalized spacial score (nSPS) is 11.2. The highest BCUT2D eigenvalue weighted by atomic mass is 19.1. The Morgan fingerprint density at radius 3 is 2.09 bits per heavy atom. The first-order chi connectivity index (χ1) is 22.7. The number of amides is 2. The van der Waals surface area contributed by atoms with Crippen molar-refractivity contribution in [2.45, 2.75) is 13.8 Å². The Morgan fingerprint density at radius 1 is 0.830 bits per heavy atom. The number of methoxy groups -OCH3 is 4. The molecule has 0 saturated heterocycles. The number of rotatable bonds is 14. The van der Waals surface area contributed by atoms with Gasteiger partial charge in [0.05, 0.1) is 28.4 Å². The molecular formula is C35H38FN3O8. The number of benzene rings is 3. The van der Waals surface area contributed by atoms with Crippen molar-refractivity contribution in [1.29, 1.82) is 0 Å². The lowest BCUT2D eigenvalue weighted by molar-refractivity contribution is -0.115. The van der Waals surface area contributed by atoms with E-state index < -0.39 is 23.3 Å². The molecule has 0 radical (unpaired) electrons. The number of nitrogens with one attached hydrogen (secondary N) is 2. The molecule has 12 heteroatoms. The van der Waals surface area contributed by atoms with E-state index in [-0.39, 0.29) is 35.5 Å². The Balaban J connectivity index is 1.52. The van der Waals surface area contributed by atoms with Crippen LogP contribution in [-0.2, 0) is 4.79 Å². The second kappa shape index (κ2) is 15.7. The zero-order valence-electron chi connectivity index (χ0n) is 27.2. The topological polar surface area (TPSA) is 129 Å². The molecule has 4 rings (SSSR count). The van der Waals surface area contributed by atoms with Crippen molar-refractivity contribution in [2.24, 2.45) is 0 Å². The Bertz CT molecular complexity index is 1820. The standard InChI is InChI=1S/C35H38FN3O8/c1-7-39(8-2)24-11-9-23-18-26(35(42)47-29(23)20-24)34(41)38-14-13-37-33(40)25(22-10-12-28(43-3)27(36)19-22)15-21-16-30(44-4)32(46-6)31(17-21)45-5/h9-12,15-20H,7-8,13-14H2,1-6H3,(H,37,40)(H,38,41)/b25-15+. The second-order valence-corrected chi connectivity index (χ2v) is 10.2. The van der Waals surface area contributed by atoms with Crippen molar-refractivity contribution in [3.63, 3.8) is 0 Å². The number of fused-ring (bicyclic) bond motifs is 1. The average molecular weight is 648 g/mol. The quantitative estimate of drug-likeness (QED) is 0.0850. The molecule has 1 aromatic heterocycles. The summed E-state index contributed by atoms with van der Waals surface area (Å²) in [6, 6.07) is 14.4. The van der Waals surface area contributed by atoms with E-state index in [9.17, 15) is 18.8 Å². The van der Waals surface area contributed by atoms with Crippen LogP contribution in [0.15, 0.2) is 63.8 Å². The van der Waals surface area contributed by atoms with E-state index in [0.717, 1.165) is 18.8 Å². The molecule has 0 aliphatic heterocycles. The predicted molar refractivity (Wildman–Crippen MR) is 178 cm³/mol. The van der Waals surface area contributed by atoms with E-state index in [1.165, 1.54) is 46.6 Å². The van der Waals surface area contributed by atoms with Gasteiger partial charge in [0.1, 0.15) is 11.1 Å².